The molecule has 1 radical (unpaired) electrons. The first-order valence-electron chi connectivity index (χ1n) is 3.97. The van der Waals surface area contributed by atoms with E-state index >= 15 is 0 Å². The summed E-state index contributed by atoms with van der Waals surface area (Å²) in [7, 11) is 0. The Bertz CT molecular complexity index is 241. The van der Waals surface area contributed by atoms with E-state index in [0.29, 0.717) is 0 Å². The van der Waals surface area contributed by atoms with Gasteiger partial charge in [-0.1, -0.05) is 25.4 Å². The van der Waals surface area contributed by atoms with Crippen LogP contribution in [0.4, 0.5) is 0 Å². The molecule has 0 fully saturated rings. The monoisotopic (exact) mass is 167 g/mol. The van der Waals surface area contributed by atoms with Crippen LogP contribution in [-0.4, -0.2) is 0 Å². The summed E-state index contributed by atoms with van der Waals surface area (Å²) in [6.07, 6.45) is 2.08. The fraction of sp³-hybridized carbons (Fsp3) is 0.400. The lowest BCUT2D eigenvalue weighted by atomic mass is 10.0. The minimum Gasteiger partial charge on any atom is -0.0843 e. The maximum Gasteiger partial charge on any atom is 0.0415 e. The van der Waals surface area contributed by atoms with Crippen molar-refractivity contribution in [1.82, 2.24) is 0 Å². The second-order valence-electron chi connectivity index (χ2n) is 2.53. The molecule has 0 aliphatic heterocycles. The summed E-state index contributed by atoms with van der Waals surface area (Å²) in [4.78, 5) is 0. The van der Waals surface area contributed by atoms with E-state index in [9.17, 15) is 0 Å². The topological polar surface area (TPSA) is 0 Å². The highest BCUT2D eigenvalue weighted by Crippen LogP contribution is 2.16. The van der Waals surface area contributed by atoms with Gasteiger partial charge in [-0.15, -0.1) is 0 Å². The van der Waals surface area contributed by atoms with Crippen molar-refractivity contribution < 1.29 is 0 Å². The van der Waals surface area contributed by atoms with E-state index in [4.69, 9.17) is 11.6 Å². The first-order valence-corrected chi connectivity index (χ1v) is 4.34. The predicted molar refractivity (Wildman–Crippen MR) is 49.0 cm³/mol. The summed E-state index contributed by atoms with van der Waals surface area (Å²) in [5.41, 5.74) is 2.61. The van der Waals surface area contributed by atoms with Crippen LogP contribution in [0.3, 0.4) is 0 Å². The van der Waals surface area contributed by atoms with Gasteiger partial charge in [0.15, 0.2) is 0 Å². The standard InChI is InChI=1S/C10H12Cl/c1-3-8-5-6-10(11)7-9(8)4-2/h6-7H,3-4H2,1-2H3. The molecule has 0 aliphatic carbocycles. The Hall–Kier alpha value is -0.490. The van der Waals surface area contributed by atoms with Crippen molar-refractivity contribution in [1.29, 1.82) is 0 Å². The molecule has 0 saturated heterocycles. The van der Waals surface area contributed by atoms with Crippen LogP contribution in [0.25, 0.3) is 0 Å². The third-order valence-electron chi connectivity index (χ3n) is 1.82. The van der Waals surface area contributed by atoms with E-state index in [-0.39, 0.29) is 0 Å². The van der Waals surface area contributed by atoms with Crippen LogP contribution in [-0.2, 0) is 12.8 Å². The second-order valence-corrected chi connectivity index (χ2v) is 2.97. The summed E-state index contributed by atoms with van der Waals surface area (Å²) < 4.78 is 0. The van der Waals surface area contributed by atoms with Crippen LogP contribution in [0.2, 0.25) is 5.02 Å². The molecule has 0 unspecified atom stereocenters. The van der Waals surface area contributed by atoms with Gasteiger partial charge in [0.25, 0.3) is 0 Å². The number of hydrogen-bond acceptors (Lipinski definition) is 0. The Kier molecular flexibility index (Phi) is 2.95. The molecule has 1 aromatic rings. The molecule has 0 atom stereocenters. The van der Waals surface area contributed by atoms with Crippen molar-refractivity contribution in [2.45, 2.75) is 26.7 Å². The van der Waals surface area contributed by atoms with Gasteiger partial charge >= 0.3 is 0 Å². The molecule has 11 heavy (non-hydrogen) atoms. The van der Waals surface area contributed by atoms with Gasteiger partial charge in [-0.2, -0.15) is 0 Å². The van der Waals surface area contributed by atoms with Crippen molar-refractivity contribution in [2.75, 3.05) is 0 Å². The van der Waals surface area contributed by atoms with E-state index in [2.05, 4.69) is 19.9 Å². The fourth-order valence-corrected chi connectivity index (χ4v) is 1.37. The van der Waals surface area contributed by atoms with Gasteiger partial charge in [0.1, 0.15) is 0 Å². The minimum atomic E-state index is 0.791. The molecule has 0 nitrogen and oxygen atoms in total. The molecular formula is C10H12Cl. The summed E-state index contributed by atoms with van der Waals surface area (Å²) in [5, 5.41) is 0.791. The Morgan fingerprint density at radius 3 is 2.64 bits per heavy atom. The summed E-state index contributed by atoms with van der Waals surface area (Å²) >= 11 is 5.82. The average Bonchev–Trinajstić information content (AvgIpc) is 2.04. The molecule has 1 aromatic carbocycles. The van der Waals surface area contributed by atoms with Crippen LogP contribution in [0.1, 0.15) is 25.0 Å². The Labute approximate surface area is 73.2 Å². The molecule has 0 aliphatic rings. The van der Waals surface area contributed by atoms with Gasteiger partial charge in [0.2, 0.25) is 0 Å². The van der Waals surface area contributed by atoms with Crippen LogP contribution < -0.4 is 0 Å². The number of hydrogen-bond donors (Lipinski definition) is 0. The quantitative estimate of drug-likeness (QED) is 0.635. The molecule has 0 spiro atoms. The fourth-order valence-electron chi connectivity index (χ4n) is 1.19. The molecule has 1 heteroatoms. The van der Waals surface area contributed by atoms with E-state index in [1.165, 1.54) is 11.1 Å². The Balaban J connectivity index is 3.06. The highest BCUT2D eigenvalue weighted by Gasteiger charge is 1.98. The van der Waals surface area contributed by atoms with Gasteiger partial charge in [-0.3, -0.25) is 0 Å². The first kappa shape index (κ1) is 8.61. The summed E-state index contributed by atoms with van der Waals surface area (Å²) in [6.45, 7) is 4.28. The Morgan fingerprint density at radius 1 is 1.36 bits per heavy atom. The van der Waals surface area contributed by atoms with Gasteiger partial charge in [0.05, 0.1) is 0 Å². The van der Waals surface area contributed by atoms with Crippen LogP contribution in [0, 0.1) is 6.07 Å². The van der Waals surface area contributed by atoms with Gasteiger partial charge < -0.3 is 0 Å². The molecule has 1 rings (SSSR count). The lowest BCUT2D eigenvalue weighted by Gasteiger charge is -2.03. The molecule has 0 bridgehead atoms. The van der Waals surface area contributed by atoms with Gasteiger partial charge in [-0.05, 0) is 42.2 Å². The third kappa shape index (κ3) is 1.97. The summed E-state index contributed by atoms with van der Waals surface area (Å²) in [5.74, 6) is 0. The lowest BCUT2D eigenvalue weighted by molar-refractivity contribution is 1.03. The number of rotatable bonds is 2. The average molecular weight is 168 g/mol. The molecule has 0 N–H and O–H groups in total. The zero-order valence-electron chi connectivity index (χ0n) is 6.95. The molecule has 0 saturated carbocycles. The normalized spacial score (nSPS) is 10.1. The van der Waals surface area contributed by atoms with Crippen molar-refractivity contribution in [3.8, 4) is 0 Å². The van der Waals surface area contributed by atoms with Crippen molar-refractivity contribution in [3.05, 3.63) is 34.3 Å². The largest absolute Gasteiger partial charge is 0.0843 e. The SMILES string of the molecule is CCc1[c]cc(Cl)cc1CC. The molecule has 0 aromatic heterocycles. The van der Waals surface area contributed by atoms with Crippen molar-refractivity contribution >= 4 is 11.6 Å². The van der Waals surface area contributed by atoms with Gasteiger partial charge in [0, 0.05) is 5.02 Å². The van der Waals surface area contributed by atoms with E-state index in [1.807, 2.05) is 12.1 Å². The Morgan fingerprint density at radius 2 is 2.09 bits per heavy atom. The predicted octanol–water partition coefficient (Wildman–Crippen LogP) is 3.26. The minimum absolute atomic E-state index is 0.791. The molecule has 59 valence electrons. The number of halogens is 1. The first-order chi connectivity index (χ1) is 5.27. The maximum atomic E-state index is 5.82. The highest BCUT2D eigenvalue weighted by molar-refractivity contribution is 6.30. The van der Waals surface area contributed by atoms with E-state index < -0.39 is 0 Å². The van der Waals surface area contributed by atoms with Crippen molar-refractivity contribution in [3.63, 3.8) is 0 Å². The smallest absolute Gasteiger partial charge is 0.0415 e. The molecule has 0 amide bonds. The lowest BCUT2D eigenvalue weighted by Crippen LogP contribution is -1.89. The van der Waals surface area contributed by atoms with Crippen LogP contribution in [0.15, 0.2) is 12.1 Å². The molecular weight excluding hydrogens is 156 g/mol. The highest BCUT2D eigenvalue weighted by atomic mass is 35.5. The van der Waals surface area contributed by atoms with Crippen LogP contribution >= 0.6 is 11.6 Å². The van der Waals surface area contributed by atoms with E-state index in [1.54, 1.807) is 0 Å². The molecule has 0 heterocycles. The van der Waals surface area contributed by atoms with Crippen LogP contribution in [0.5, 0.6) is 0 Å². The maximum absolute atomic E-state index is 5.82. The van der Waals surface area contributed by atoms with E-state index in [0.717, 1.165) is 17.9 Å². The second kappa shape index (κ2) is 3.77. The third-order valence-corrected chi connectivity index (χ3v) is 2.04. The zero-order valence-corrected chi connectivity index (χ0v) is 7.70. The number of benzene rings is 1. The summed E-state index contributed by atoms with van der Waals surface area (Å²) in [6, 6.07) is 7.03. The zero-order chi connectivity index (χ0) is 8.27. The van der Waals surface area contributed by atoms with Gasteiger partial charge in [-0.25, -0.2) is 0 Å². The van der Waals surface area contributed by atoms with Crippen molar-refractivity contribution in [2.24, 2.45) is 0 Å². The number of aryl methyl sites for hydroxylation is 2.